The Balaban J connectivity index is 2.06. The van der Waals surface area contributed by atoms with Crippen molar-refractivity contribution in [3.63, 3.8) is 0 Å². The van der Waals surface area contributed by atoms with Gasteiger partial charge in [0, 0.05) is 11.6 Å². The van der Waals surface area contributed by atoms with Crippen LogP contribution in [0.2, 0.25) is 0 Å². The van der Waals surface area contributed by atoms with E-state index < -0.39 is 5.97 Å². The van der Waals surface area contributed by atoms with Crippen LogP contribution in [0.5, 0.6) is 0 Å². The fraction of sp³-hybridized carbons (Fsp3) is 0.600. The van der Waals surface area contributed by atoms with E-state index in [9.17, 15) is 4.79 Å². The summed E-state index contributed by atoms with van der Waals surface area (Å²) in [5.74, 6) is -0.473. The van der Waals surface area contributed by atoms with E-state index in [0.29, 0.717) is 6.54 Å². The van der Waals surface area contributed by atoms with Gasteiger partial charge in [0.1, 0.15) is 11.0 Å². The van der Waals surface area contributed by atoms with Crippen LogP contribution in [0.3, 0.4) is 0 Å². The molecular formula is C10H14N2O2S. The summed E-state index contributed by atoms with van der Waals surface area (Å²) in [6, 6.07) is -0.339. The molecule has 0 spiro atoms. The molecule has 4 nitrogen and oxygen atoms in total. The van der Waals surface area contributed by atoms with Crippen molar-refractivity contribution < 1.29 is 9.90 Å². The summed E-state index contributed by atoms with van der Waals surface area (Å²) in [5, 5.41) is 12.0. The van der Waals surface area contributed by atoms with E-state index >= 15 is 0 Å². The number of nitrogens with zero attached hydrogens (tertiary/aromatic N) is 2. The van der Waals surface area contributed by atoms with Gasteiger partial charge in [-0.1, -0.05) is 6.92 Å². The number of carboxylic acids is 1. The van der Waals surface area contributed by atoms with E-state index in [2.05, 4.69) is 4.98 Å². The number of hydrogen-bond donors (Lipinski definition) is 1. The van der Waals surface area contributed by atoms with Crippen molar-refractivity contribution in [1.29, 1.82) is 0 Å². The molecule has 1 N–H and O–H groups in total. The predicted octanol–water partition coefficient (Wildman–Crippen LogP) is 1.44. The van der Waals surface area contributed by atoms with Crippen molar-refractivity contribution >= 4 is 17.3 Å². The average molecular weight is 226 g/mol. The predicted molar refractivity (Wildman–Crippen MR) is 57.7 cm³/mol. The lowest BCUT2D eigenvalue weighted by molar-refractivity contribution is -0.143. The zero-order valence-electron chi connectivity index (χ0n) is 8.59. The summed E-state index contributed by atoms with van der Waals surface area (Å²) in [6.07, 6.45) is 2.72. The maximum Gasteiger partial charge on any atom is 0.321 e. The quantitative estimate of drug-likeness (QED) is 0.847. The Morgan fingerprint density at radius 3 is 3.20 bits per heavy atom. The molecule has 1 aromatic heterocycles. The summed E-state index contributed by atoms with van der Waals surface area (Å²) in [7, 11) is 0. The molecule has 0 bridgehead atoms. The molecule has 15 heavy (non-hydrogen) atoms. The third kappa shape index (κ3) is 2.18. The highest BCUT2D eigenvalue weighted by molar-refractivity contribution is 7.09. The molecule has 0 saturated carbocycles. The molecule has 0 radical (unpaired) electrons. The zero-order chi connectivity index (χ0) is 10.8. The van der Waals surface area contributed by atoms with Crippen molar-refractivity contribution in [2.24, 2.45) is 5.92 Å². The van der Waals surface area contributed by atoms with E-state index in [-0.39, 0.29) is 12.0 Å². The molecule has 1 aliphatic heterocycles. The van der Waals surface area contributed by atoms with Crippen molar-refractivity contribution in [3.05, 3.63) is 16.6 Å². The Bertz CT molecular complexity index is 339. The van der Waals surface area contributed by atoms with Crippen LogP contribution in [-0.4, -0.2) is 33.5 Å². The highest BCUT2D eigenvalue weighted by Gasteiger charge is 2.36. The summed E-state index contributed by atoms with van der Waals surface area (Å²) < 4.78 is 0. The Hall–Kier alpha value is -0.940. The van der Waals surface area contributed by atoms with Crippen LogP contribution >= 0.6 is 11.3 Å². The Morgan fingerprint density at radius 1 is 1.80 bits per heavy atom. The first-order chi connectivity index (χ1) is 7.18. The Labute approximate surface area is 92.6 Å². The van der Waals surface area contributed by atoms with Crippen LogP contribution in [0.1, 0.15) is 18.4 Å². The lowest BCUT2D eigenvalue weighted by Gasteiger charge is -2.21. The minimum absolute atomic E-state index is 0.238. The normalized spacial score (nSPS) is 27.0. The molecule has 0 aromatic carbocycles. The summed E-state index contributed by atoms with van der Waals surface area (Å²) >= 11 is 1.58. The van der Waals surface area contributed by atoms with Gasteiger partial charge in [0.2, 0.25) is 0 Å². The largest absolute Gasteiger partial charge is 0.480 e. The minimum atomic E-state index is -0.712. The molecule has 2 heterocycles. The number of aliphatic carboxylic acids is 1. The van der Waals surface area contributed by atoms with E-state index in [0.717, 1.165) is 18.0 Å². The number of likely N-dealkylation sites (tertiary alicyclic amines) is 1. The first-order valence-corrected chi connectivity index (χ1v) is 5.91. The van der Waals surface area contributed by atoms with Crippen LogP contribution in [0.25, 0.3) is 0 Å². The number of carboxylic acid groups (broad SMARTS) is 1. The third-order valence-electron chi connectivity index (χ3n) is 2.88. The minimum Gasteiger partial charge on any atom is -0.480 e. The van der Waals surface area contributed by atoms with Gasteiger partial charge in [-0.15, -0.1) is 11.3 Å². The van der Waals surface area contributed by atoms with Crippen LogP contribution in [0.4, 0.5) is 0 Å². The molecule has 82 valence electrons. The van der Waals surface area contributed by atoms with Gasteiger partial charge in [-0.2, -0.15) is 0 Å². The average Bonchev–Trinajstić information content (AvgIpc) is 2.76. The van der Waals surface area contributed by atoms with E-state index in [1.54, 1.807) is 17.5 Å². The van der Waals surface area contributed by atoms with Gasteiger partial charge in [0.25, 0.3) is 0 Å². The molecule has 2 atom stereocenters. The maximum absolute atomic E-state index is 11.1. The molecule has 5 heteroatoms. The molecule has 1 aliphatic rings. The second-order valence-corrected chi connectivity index (χ2v) is 4.92. The number of carbonyl (C=O) groups is 1. The lowest BCUT2D eigenvalue weighted by atomic mass is 10.0. The fourth-order valence-electron chi connectivity index (χ4n) is 2.11. The van der Waals surface area contributed by atoms with Gasteiger partial charge in [-0.05, 0) is 18.9 Å². The molecule has 1 fully saturated rings. The first kappa shape index (κ1) is 10.6. The van der Waals surface area contributed by atoms with Crippen molar-refractivity contribution in [3.8, 4) is 0 Å². The number of thiazole rings is 1. The lowest BCUT2D eigenvalue weighted by Crippen LogP contribution is -2.38. The van der Waals surface area contributed by atoms with Crippen LogP contribution in [-0.2, 0) is 11.3 Å². The number of rotatable bonds is 3. The van der Waals surface area contributed by atoms with E-state index in [1.165, 1.54) is 0 Å². The topological polar surface area (TPSA) is 53.4 Å². The number of aromatic nitrogens is 1. The Morgan fingerprint density at radius 2 is 2.60 bits per heavy atom. The monoisotopic (exact) mass is 226 g/mol. The van der Waals surface area contributed by atoms with Crippen LogP contribution in [0, 0.1) is 5.92 Å². The zero-order valence-corrected chi connectivity index (χ0v) is 9.41. The van der Waals surface area contributed by atoms with Gasteiger partial charge < -0.3 is 5.11 Å². The molecule has 0 amide bonds. The van der Waals surface area contributed by atoms with Crippen molar-refractivity contribution in [2.75, 3.05) is 6.54 Å². The van der Waals surface area contributed by atoms with Crippen molar-refractivity contribution in [2.45, 2.75) is 25.9 Å². The number of hydrogen-bond acceptors (Lipinski definition) is 4. The van der Waals surface area contributed by atoms with Crippen LogP contribution in [0.15, 0.2) is 11.6 Å². The molecule has 2 unspecified atom stereocenters. The molecule has 2 rings (SSSR count). The van der Waals surface area contributed by atoms with E-state index in [1.807, 2.05) is 17.2 Å². The molecular weight excluding hydrogens is 212 g/mol. The van der Waals surface area contributed by atoms with Crippen LogP contribution < -0.4 is 0 Å². The van der Waals surface area contributed by atoms with Crippen molar-refractivity contribution in [1.82, 2.24) is 9.88 Å². The van der Waals surface area contributed by atoms with Gasteiger partial charge in [-0.25, -0.2) is 4.98 Å². The summed E-state index contributed by atoms with van der Waals surface area (Å²) in [4.78, 5) is 17.3. The van der Waals surface area contributed by atoms with Gasteiger partial charge in [0.15, 0.2) is 0 Å². The Kier molecular flexibility index (Phi) is 3.02. The second-order valence-electron chi connectivity index (χ2n) is 3.95. The smallest absolute Gasteiger partial charge is 0.321 e. The molecule has 1 aromatic rings. The second kappa shape index (κ2) is 4.28. The standard InChI is InChI=1S/C10H14N2O2S/c1-7-2-4-12(9(7)10(13)14)6-8-11-3-5-15-8/h3,5,7,9H,2,4,6H2,1H3,(H,13,14). The first-order valence-electron chi connectivity index (χ1n) is 5.03. The van der Waals surface area contributed by atoms with Gasteiger partial charge >= 0.3 is 5.97 Å². The molecule has 1 saturated heterocycles. The van der Waals surface area contributed by atoms with E-state index in [4.69, 9.17) is 5.11 Å². The fourth-order valence-corrected chi connectivity index (χ4v) is 2.75. The summed E-state index contributed by atoms with van der Waals surface area (Å²) in [5.41, 5.74) is 0. The molecule has 0 aliphatic carbocycles. The van der Waals surface area contributed by atoms with Gasteiger partial charge in [-0.3, -0.25) is 9.69 Å². The highest BCUT2D eigenvalue weighted by Crippen LogP contribution is 2.26. The maximum atomic E-state index is 11.1. The third-order valence-corrected chi connectivity index (χ3v) is 3.64. The van der Waals surface area contributed by atoms with Gasteiger partial charge in [0.05, 0.1) is 6.54 Å². The SMILES string of the molecule is CC1CCN(Cc2nccs2)C1C(=O)O. The highest BCUT2D eigenvalue weighted by atomic mass is 32.1. The summed E-state index contributed by atoms with van der Waals surface area (Å²) in [6.45, 7) is 3.53.